The Morgan fingerprint density at radius 2 is 1.31 bits per heavy atom. The fraction of sp³-hybridized carbons (Fsp3) is 0.400. The maximum absolute atomic E-state index is 10.8. The molecule has 4 rings (SSSR count). The first kappa shape index (κ1) is 16.7. The second-order valence-electron chi connectivity index (χ2n) is 7.06. The monoisotopic (exact) mass is 351 g/mol. The van der Waals surface area contributed by atoms with Gasteiger partial charge in [-0.3, -0.25) is 0 Å². The lowest BCUT2D eigenvalue weighted by atomic mass is 10.0. The molecule has 0 amide bonds. The highest BCUT2D eigenvalue weighted by molar-refractivity contribution is 5.57. The third-order valence-corrected chi connectivity index (χ3v) is 5.65. The molecule has 2 fully saturated rings. The summed E-state index contributed by atoms with van der Waals surface area (Å²) in [5.74, 6) is 0. The SMILES string of the molecule is O=Nc1ccc(N2CCCC2C2CCCN2c2ccc([NH+]=O)cc2)cc1. The zero-order chi connectivity index (χ0) is 17.9. The first-order chi connectivity index (χ1) is 12.8. The van der Waals surface area contributed by atoms with Gasteiger partial charge in [0.2, 0.25) is 0 Å². The van der Waals surface area contributed by atoms with Crippen molar-refractivity contribution in [2.75, 3.05) is 22.9 Å². The Kier molecular flexibility index (Phi) is 4.65. The van der Waals surface area contributed by atoms with Crippen molar-refractivity contribution < 1.29 is 5.18 Å². The molecule has 0 radical (unpaired) electrons. The maximum Gasteiger partial charge on any atom is 0.253 e. The van der Waals surface area contributed by atoms with E-state index in [-0.39, 0.29) is 0 Å². The molecule has 0 saturated carbocycles. The van der Waals surface area contributed by atoms with E-state index in [1.54, 1.807) is 12.1 Å². The van der Waals surface area contributed by atoms with Crippen LogP contribution in [0.2, 0.25) is 0 Å². The molecule has 26 heavy (non-hydrogen) atoms. The average molecular weight is 351 g/mol. The van der Waals surface area contributed by atoms with Crippen LogP contribution in [-0.4, -0.2) is 25.2 Å². The van der Waals surface area contributed by atoms with Crippen LogP contribution in [0.15, 0.2) is 53.7 Å². The molecule has 0 aromatic heterocycles. The molecule has 2 aromatic rings. The highest BCUT2D eigenvalue weighted by atomic mass is 16.3. The van der Waals surface area contributed by atoms with Crippen LogP contribution in [0.3, 0.4) is 0 Å². The Morgan fingerprint density at radius 1 is 0.808 bits per heavy atom. The Bertz CT molecular complexity index is 708. The number of nitrogens with zero attached hydrogens (tertiary/aromatic N) is 3. The lowest BCUT2D eigenvalue weighted by Gasteiger charge is -2.37. The van der Waals surface area contributed by atoms with Crippen LogP contribution in [0.4, 0.5) is 22.7 Å². The van der Waals surface area contributed by atoms with Gasteiger partial charge in [-0.25, -0.2) is 0 Å². The summed E-state index contributed by atoms with van der Waals surface area (Å²) in [5.41, 5.74) is 3.41. The van der Waals surface area contributed by atoms with Gasteiger partial charge in [0.05, 0.1) is 0 Å². The largest absolute Gasteiger partial charge is 0.366 e. The number of hydrogen-bond acceptors (Lipinski definition) is 5. The van der Waals surface area contributed by atoms with Gasteiger partial charge in [0, 0.05) is 58.8 Å². The summed E-state index contributed by atoms with van der Waals surface area (Å²) < 4.78 is 0. The zero-order valence-electron chi connectivity index (χ0n) is 14.7. The van der Waals surface area contributed by atoms with Crippen molar-refractivity contribution in [3.8, 4) is 0 Å². The normalized spacial score (nSPS) is 22.6. The van der Waals surface area contributed by atoms with Crippen molar-refractivity contribution in [3.05, 3.63) is 58.3 Å². The molecule has 1 N–H and O–H groups in total. The fourth-order valence-corrected chi connectivity index (χ4v) is 4.45. The van der Waals surface area contributed by atoms with Crippen LogP contribution in [0.5, 0.6) is 0 Å². The summed E-state index contributed by atoms with van der Waals surface area (Å²) in [6.45, 7) is 2.09. The third-order valence-electron chi connectivity index (χ3n) is 5.65. The minimum atomic E-state index is 0.463. The Labute approximate surface area is 152 Å². The lowest BCUT2D eigenvalue weighted by Crippen LogP contribution is -2.55. The Balaban J connectivity index is 1.57. The smallest absolute Gasteiger partial charge is 0.253 e. The van der Waals surface area contributed by atoms with E-state index in [4.69, 9.17) is 0 Å². The molecule has 0 aliphatic carbocycles. The molecule has 6 heteroatoms. The topological polar surface area (TPSA) is 67.0 Å². The number of rotatable bonds is 5. The van der Waals surface area contributed by atoms with Gasteiger partial charge in [0.15, 0.2) is 0 Å². The number of anilines is 2. The summed E-state index contributed by atoms with van der Waals surface area (Å²) in [4.78, 5) is 26.4. The van der Waals surface area contributed by atoms with Crippen molar-refractivity contribution in [1.82, 2.24) is 0 Å². The molecule has 0 spiro atoms. The molecular formula is C20H23N4O2+. The first-order valence-corrected chi connectivity index (χ1v) is 9.25. The van der Waals surface area contributed by atoms with Gasteiger partial charge >= 0.3 is 0 Å². The van der Waals surface area contributed by atoms with Crippen molar-refractivity contribution in [3.63, 3.8) is 0 Å². The van der Waals surface area contributed by atoms with Crippen molar-refractivity contribution >= 4 is 22.7 Å². The van der Waals surface area contributed by atoms with Crippen LogP contribution in [0.25, 0.3) is 0 Å². The lowest BCUT2D eigenvalue weighted by molar-refractivity contribution is -0.379. The quantitative estimate of drug-likeness (QED) is 0.840. The van der Waals surface area contributed by atoms with Crippen LogP contribution >= 0.6 is 0 Å². The minimum absolute atomic E-state index is 0.463. The van der Waals surface area contributed by atoms with Crippen molar-refractivity contribution in [2.45, 2.75) is 37.8 Å². The molecule has 0 bridgehead atoms. The predicted octanol–water partition coefficient (Wildman–Crippen LogP) is 3.20. The predicted molar refractivity (Wildman–Crippen MR) is 103 cm³/mol. The third kappa shape index (κ3) is 3.07. The second kappa shape index (κ2) is 7.23. The summed E-state index contributed by atoms with van der Waals surface area (Å²) >= 11 is 0. The van der Waals surface area contributed by atoms with E-state index in [2.05, 4.69) is 15.0 Å². The van der Waals surface area contributed by atoms with Gasteiger partial charge in [0.25, 0.3) is 5.69 Å². The first-order valence-electron chi connectivity index (χ1n) is 9.25. The van der Waals surface area contributed by atoms with E-state index in [0.29, 0.717) is 23.5 Å². The molecule has 2 aliphatic rings. The molecule has 2 aliphatic heterocycles. The second-order valence-corrected chi connectivity index (χ2v) is 7.06. The molecule has 2 atom stereocenters. The molecule has 2 heterocycles. The number of nitrogens with one attached hydrogen (secondary N) is 1. The van der Waals surface area contributed by atoms with Crippen LogP contribution in [0, 0.1) is 9.81 Å². The highest BCUT2D eigenvalue weighted by Gasteiger charge is 2.38. The van der Waals surface area contributed by atoms with Crippen molar-refractivity contribution in [2.24, 2.45) is 5.18 Å². The Morgan fingerprint density at radius 3 is 1.77 bits per heavy atom. The van der Waals surface area contributed by atoms with Gasteiger partial charge in [-0.1, -0.05) is 0 Å². The molecule has 6 nitrogen and oxygen atoms in total. The molecule has 134 valence electrons. The van der Waals surface area contributed by atoms with E-state index in [0.717, 1.165) is 18.8 Å². The van der Waals surface area contributed by atoms with Gasteiger partial charge in [-0.05, 0) is 67.3 Å². The zero-order valence-corrected chi connectivity index (χ0v) is 14.7. The van der Waals surface area contributed by atoms with Gasteiger partial charge in [0.1, 0.15) is 5.69 Å². The summed E-state index contributed by atoms with van der Waals surface area (Å²) in [7, 11) is 0. The summed E-state index contributed by atoms with van der Waals surface area (Å²) in [6, 6.07) is 16.3. The maximum atomic E-state index is 10.8. The van der Waals surface area contributed by atoms with E-state index in [1.807, 2.05) is 41.6 Å². The molecule has 2 unspecified atom stereocenters. The number of nitroso groups, excluding NO2 is 2. The fourth-order valence-electron chi connectivity index (χ4n) is 4.45. The average Bonchev–Trinajstić information content (AvgIpc) is 3.37. The standard InChI is InChI=1S/C20H22N4O2/c25-21-15-5-9-17(10-6-15)23-13-1-3-19(23)20-4-2-14-24(20)18-11-7-16(22-26)8-12-18/h5-12,19-20H,1-4,13-14H2/p+1. The number of benzene rings is 2. The molecular weight excluding hydrogens is 328 g/mol. The minimum Gasteiger partial charge on any atom is -0.366 e. The molecule has 2 saturated heterocycles. The van der Waals surface area contributed by atoms with Crippen LogP contribution in [-0.2, 0) is 0 Å². The van der Waals surface area contributed by atoms with Crippen LogP contribution < -0.4 is 15.0 Å². The van der Waals surface area contributed by atoms with Gasteiger partial charge in [-0.15, -0.1) is 4.91 Å². The summed E-state index contributed by atoms with van der Waals surface area (Å²) in [6.07, 6.45) is 4.72. The molecule has 2 aromatic carbocycles. The van der Waals surface area contributed by atoms with E-state index in [9.17, 15) is 9.81 Å². The van der Waals surface area contributed by atoms with Gasteiger partial charge < -0.3 is 9.80 Å². The van der Waals surface area contributed by atoms with Gasteiger partial charge in [-0.2, -0.15) is 0 Å². The Hall–Kier alpha value is -2.76. The number of hydrogen-bond donors (Lipinski definition) is 1. The van der Waals surface area contributed by atoms with E-state index >= 15 is 0 Å². The summed E-state index contributed by atoms with van der Waals surface area (Å²) in [5, 5.41) is 4.94. The highest BCUT2D eigenvalue weighted by Crippen LogP contribution is 2.36. The van der Waals surface area contributed by atoms with Crippen LogP contribution in [0.1, 0.15) is 25.7 Å². The van der Waals surface area contributed by atoms with Crippen molar-refractivity contribution in [1.29, 1.82) is 0 Å². The van der Waals surface area contributed by atoms with E-state index in [1.165, 1.54) is 31.4 Å². The van der Waals surface area contributed by atoms with E-state index < -0.39 is 0 Å².